The van der Waals surface area contributed by atoms with E-state index in [-0.39, 0.29) is 12.3 Å². The van der Waals surface area contributed by atoms with Gasteiger partial charge in [-0.15, -0.1) is 16.4 Å². The first kappa shape index (κ1) is 14.4. The number of esters is 1. The standard InChI is InChI=1S/C13H16N4O2S/c1-4-6-19-13(18)12-9(3)17(16-15-12)7-10-8-20-11(5-2)14-10/h4,8H,1,5-7H2,2-3H3. The minimum atomic E-state index is -0.485. The number of ether oxygens (including phenoxy) is 1. The molecule has 2 aromatic heterocycles. The second kappa shape index (κ2) is 6.42. The molecule has 0 saturated carbocycles. The average molecular weight is 292 g/mol. The topological polar surface area (TPSA) is 69.9 Å². The molecular formula is C13H16N4O2S. The van der Waals surface area contributed by atoms with Gasteiger partial charge in [-0.05, 0) is 13.3 Å². The van der Waals surface area contributed by atoms with Gasteiger partial charge in [-0.3, -0.25) is 0 Å². The largest absolute Gasteiger partial charge is 0.457 e. The summed E-state index contributed by atoms with van der Waals surface area (Å²) in [7, 11) is 0. The molecule has 2 aromatic rings. The first-order valence-corrected chi connectivity index (χ1v) is 7.15. The minimum absolute atomic E-state index is 0.164. The van der Waals surface area contributed by atoms with Crippen LogP contribution in [0.2, 0.25) is 0 Å². The van der Waals surface area contributed by atoms with E-state index in [1.807, 2.05) is 5.38 Å². The van der Waals surface area contributed by atoms with Crippen molar-refractivity contribution in [3.8, 4) is 0 Å². The van der Waals surface area contributed by atoms with Crippen molar-refractivity contribution in [3.05, 3.63) is 40.1 Å². The molecule has 6 nitrogen and oxygen atoms in total. The van der Waals surface area contributed by atoms with E-state index in [9.17, 15) is 4.79 Å². The van der Waals surface area contributed by atoms with Gasteiger partial charge in [0.1, 0.15) is 6.61 Å². The number of carbonyl (C=O) groups excluding carboxylic acids is 1. The van der Waals surface area contributed by atoms with Crippen LogP contribution in [0.1, 0.15) is 33.8 Å². The predicted molar refractivity (Wildman–Crippen MR) is 75.8 cm³/mol. The summed E-state index contributed by atoms with van der Waals surface area (Å²) in [6.45, 7) is 8.02. The van der Waals surface area contributed by atoms with Crippen LogP contribution in [0.4, 0.5) is 0 Å². The van der Waals surface area contributed by atoms with Crippen molar-refractivity contribution in [2.24, 2.45) is 0 Å². The van der Waals surface area contributed by atoms with Gasteiger partial charge in [-0.1, -0.05) is 24.8 Å². The summed E-state index contributed by atoms with van der Waals surface area (Å²) in [5, 5.41) is 10.9. The number of thiazole rings is 1. The quantitative estimate of drug-likeness (QED) is 0.601. The lowest BCUT2D eigenvalue weighted by Gasteiger charge is -2.01. The number of carbonyl (C=O) groups is 1. The molecule has 0 aliphatic heterocycles. The van der Waals surface area contributed by atoms with Gasteiger partial charge in [0, 0.05) is 5.38 Å². The van der Waals surface area contributed by atoms with Gasteiger partial charge in [-0.2, -0.15) is 0 Å². The molecule has 7 heteroatoms. The van der Waals surface area contributed by atoms with Crippen molar-refractivity contribution in [1.29, 1.82) is 0 Å². The predicted octanol–water partition coefficient (Wildman–Crippen LogP) is 2.00. The fourth-order valence-electron chi connectivity index (χ4n) is 1.64. The second-order valence-corrected chi connectivity index (χ2v) is 5.10. The summed E-state index contributed by atoms with van der Waals surface area (Å²) in [4.78, 5) is 16.2. The lowest BCUT2D eigenvalue weighted by Crippen LogP contribution is -2.09. The molecule has 0 radical (unpaired) electrons. The highest BCUT2D eigenvalue weighted by Gasteiger charge is 2.18. The van der Waals surface area contributed by atoms with Crippen LogP contribution < -0.4 is 0 Å². The van der Waals surface area contributed by atoms with E-state index in [1.165, 1.54) is 6.08 Å². The zero-order valence-electron chi connectivity index (χ0n) is 11.5. The van der Waals surface area contributed by atoms with Gasteiger partial charge >= 0.3 is 5.97 Å². The van der Waals surface area contributed by atoms with Crippen molar-refractivity contribution in [2.45, 2.75) is 26.8 Å². The number of aromatic nitrogens is 4. The molecule has 20 heavy (non-hydrogen) atoms. The Morgan fingerprint density at radius 3 is 3.05 bits per heavy atom. The van der Waals surface area contributed by atoms with Crippen LogP contribution in [0.5, 0.6) is 0 Å². The minimum Gasteiger partial charge on any atom is -0.457 e. The van der Waals surface area contributed by atoms with E-state index in [2.05, 4.69) is 28.8 Å². The number of nitrogens with zero attached hydrogens (tertiary/aromatic N) is 4. The molecule has 2 heterocycles. The van der Waals surface area contributed by atoms with Crippen LogP contribution in [0.15, 0.2) is 18.0 Å². The second-order valence-electron chi connectivity index (χ2n) is 4.15. The van der Waals surface area contributed by atoms with Gasteiger partial charge in [0.2, 0.25) is 0 Å². The van der Waals surface area contributed by atoms with Crippen LogP contribution >= 0.6 is 11.3 Å². The molecule has 0 fully saturated rings. The van der Waals surface area contributed by atoms with E-state index in [0.717, 1.165) is 17.1 Å². The molecular weight excluding hydrogens is 276 g/mol. The Labute approximate surface area is 121 Å². The molecule has 0 spiro atoms. The molecule has 0 aliphatic carbocycles. The van der Waals surface area contributed by atoms with E-state index < -0.39 is 5.97 Å². The van der Waals surface area contributed by atoms with Crippen LogP contribution in [-0.2, 0) is 17.7 Å². The summed E-state index contributed by atoms with van der Waals surface area (Å²) in [6.07, 6.45) is 2.43. The van der Waals surface area contributed by atoms with E-state index in [1.54, 1.807) is 22.9 Å². The molecule has 0 aliphatic rings. The highest BCUT2D eigenvalue weighted by Crippen LogP contribution is 2.13. The highest BCUT2D eigenvalue weighted by molar-refractivity contribution is 7.09. The molecule has 0 bridgehead atoms. The van der Waals surface area contributed by atoms with Crippen LogP contribution in [0, 0.1) is 6.92 Å². The maximum absolute atomic E-state index is 11.7. The molecule has 0 aromatic carbocycles. The molecule has 0 amide bonds. The van der Waals surface area contributed by atoms with Gasteiger partial charge < -0.3 is 4.74 Å². The van der Waals surface area contributed by atoms with Crippen LogP contribution in [0.25, 0.3) is 0 Å². The Bertz CT molecular complexity index is 618. The lowest BCUT2D eigenvalue weighted by molar-refractivity contribution is 0.0542. The zero-order valence-corrected chi connectivity index (χ0v) is 12.3. The number of hydrogen-bond donors (Lipinski definition) is 0. The highest BCUT2D eigenvalue weighted by atomic mass is 32.1. The van der Waals surface area contributed by atoms with E-state index >= 15 is 0 Å². The maximum atomic E-state index is 11.7. The zero-order chi connectivity index (χ0) is 14.5. The molecule has 106 valence electrons. The van der Waals surface area contributed by atoms with Crippen molar-refractivity contribution < 1.29 is 9.53 Å². The Hall–Kier alpha value is -2.02. The fraction of sp³-hybridized carbons (Fsp3) is 0.385. The van der Waals surface area contributed by atoms with Crippen molar-refractivity contribution in [3.63, 3.8) is 0 Å². The first-order chi connectivity index (χ1) is 9.65. The van der Waals surface area contributed by atoms with Gasteiger partial charge in [0.05, 0.1) is 22.9 Å². The molecule has 0 unspecified atom stereocenters. The summed E-state index contributed by atoms with van der Waals surface area (Å²) >= 11 is 1.62. The average Bonchev–Trinajstić information content (AvgIpc) is 3.04. The number of rotatable bonds is 6. The van der Waals surface area contributed by atoms with Gasteiger partial charge in [0.25, 0.3) is 0 Å². The van der Waals surface area contributed by atoms with Crippen molar-refractivity contribution in [1.82, 2.24) is 20.0 Å². The van der Waals surface area contributed by atoms with Crippen molar-refractivity contribution >= 4 is 17.3 Å². The summed E-state index contributed by atoms with van der Waals surface area (Å²) in [5.41, 5.74) is 1.83. The third-order valence-corrected chi connectivity index (χ3v) is 3.76. The first-order valence-electron chi connectivity index (χ1n) is 6.27. The Morgan fingerprint density at radius 1 is 1.60 bits per heavy atom. The number of hydrogen-bond acceptors (Lipinski definition) is 6. The van der Waals surface area contributed by atoms with E-state index in [4.69, 9.17) is 4.74 Å². The van der Waals surface area contributed by atoms with Gasteiger partial charge in [-0.25, -0.2) is 14.5 Å². The van der Waals surface area contributed by atoms with Crippen LogP contribution in [-0.4, -0.2) is 32.6 Å². The monoisotopic (exact) mass is 292 g/mol. The Balaban J connectivity index is 2.12. The van der Waals surface area contributed by atoms with E-state index in [0.29, 0.717) is 12.2 Å². The summed E-state index contributed by atoms with van der Waals surface area (Å²) < 4.78 is 6.61. The third kappa shape index (κ3) is 3.11. The third-order valence-electron chi connectivity index (χ3n) is 2.72. The smallest absolute Gasteiger partial charge is 0.361 e. The summed E-state index contributed by atoms with van der Waals surface area (Å²) in [5.74, 6) is -0.485. The Morgan fingerprint density at radius 2 is 2.40 bits per heavy atom. The van der Waals surface area contributed by atoms with Crippen molar-refractivity contribution in [2.75, 3.05) is 6.61 Å². The summed E-state index contributed by atoms with van der Waals surface area (Å²) in [6, 6.07) is 0. The maximum Gasteiger partial charge on any atom is 0.361 e. The Kier molecular flexibility index (Phi) is 4.62. The van der Waals surface area contributed by atoms with Gasteiger partial charge in [0.15, 0.2) is 5.69 Å². The molecule has 0 saturated heterocycles. The fourth-order valence-corrected chi connectivity index (χ4v) is 2.38. The molecule has 0 N–H and O–H groups in total. The normalized spacial score (nSPS) is 10.5. The van der Waals surface area contributed by atoms with Crippen LogP contribution in [0.3, 0.4) is 0 Å². The molecule has 2 rings (SSSR count). The lowest BCUT2D eigenvalue weighted by atomic mass is 10.3. The molecule has 0 atom stereocenters. The number of aryl methyl sites for hydroxylation is 1. The SMILES string of the molecule is C=CCOC(=O)c1nnn(Cc2csc(CC)n2)c1C.